The summed E-state index contributed by atoms with van der Waals surface area (Å²) in [6.07, 6.45) is 2.41. The van der Waals surface area contributed by atoms with E-state index in [-0.39, 0.29) is 12.2 Å². The molecule has 0 amide bonds. The summed E-state index contributed by atoms with van der Waals surface area (Å²) in [6.45, 7) is 5.02. The Hall–Kier alpha value is -0.630. The number of allylic oxidation sites excluding steroid dienone is 2. The number of aliphatic hydroxyl groups is 1. The predicted octanol–water partition coefficient (Wildman–Crippen LogP) is 0.717. The van der Waals surface area contributed by atoms with E-state index < -0.39 is 6.10 Å². The van der Waals surface area contributed by atoms with Crippen LogP contribution in [-0.2, 0) is 4.79 Å². The van der Waals surface area contributed by atoms with Gasteiger partial charge in [-0.05, 0) is 19.9 Å². The average molecular weight is 127 g/mol. The largest absolute Gasteiger partial charge is 0.393 e. The summed E-state index contributed by atoms with van der Waals surface area (Å²) in [6, 6.07) is 0. The van der Waals surface area contributed by atoms with Crippen LogP contribution in [0, 0.1) is 6.92 Å². The average Bonchev–Trinajstić information content (AvgIpc) is 1.63. The van der Waals surface area contributed by atoms with Crippen molar-refractivity contribution in [1.82, 2.24) is 0 Å². The van der Waals surface area contributed by atoms with Gasteiger partial charge in [-0.1, -0.05) is 6.08 Å². The third-order valence-electron chi connectivity index (χ3n) is 0.789. The Morgan fingerprint density at radius 1 is 1.89 bits per heavy atom. The summed E-state index contributed by atoms with van der Waals surface area (Å²) in [4.78, 5) is 10.6. The Morgan fingerprint density at radius 3 is 2.78 bits per heavy atom. The molecule has 0 aromatic rings. The van der Waals surface area contributed by atoms with E-state index in [1.807, 2.05) is 0 Å². The second-order valence-corrected chi connectivity index (χ2v) is 1.82. The highest BCUT2D eigenvalue weighted by atomic mass is 16.3. The molecule has 0 aliphatic heterocycles. The third kappa shape index (κ3) is 5.24. The number of hydrogen-bond donors (Lipinski definition) is 1. The molecule has 2 heteroatoms. The Labute approximate surface area is 55.2 Å². The fourth-order valence-electron chi connectivity index (χ4n) is 0.486. The van der Waals surface area contributed by atoms with E-state index in [0.29, 0.717) is 0 Å². The molecule has 9 heavy (non-hydrogen) atoms. The number of hydrogen-bond acceptors (Lipinski definition) is 2. The van der Waals surface area contributed by atoms with Crippen LogP contribution in [0.25, 0.3) is 0 Å². The SMILES string of the molecule is [CH2]C(O)CC(=O)C=CC. The summed E-state index contributed by atoms with van der Waals surface area (Å²) in [5.74, 6) is -0.0833. The van der Waals surface area contributed by atoms with E-state index in [0.717, 1.165) is 0 Å². The highest BCUT2D eigenvalue weighted by Crippen LogP contribution is 1.91. The molecule has 0 aliphatic rings. The summed E-state index contributed by atoms with van der Waals surface area (Å²) in [7, 11) is 0. The van der Waals surface area contributed by atoms with Crippen LogP contribution in [0.4, 0.5) is 0 Å². The van der Waals surface area contributed by atoms with E-state index in [4.69, 9.17) is 5.11 Å². The Bertz CT molecular complexity index is 114. The molecule has 51 valence electrons. The van der Waals surface area contributed by atoms with Crippen molar-refractivity contribution in [1.29, 1.82) is 0 Å². The zero-order valence-electron chi connectivity index (χ0n) is 5.50. The minimum Gasteiger partial charge on any atom is -0.393 e. The van der Waals surface area contributed by atoms with Gasteiger partial charge in [-0.15, -0.1) is 0 Å². The molecule has 1 unspecified atom stereocenters. The lowest BCUT2D eigenvalue weighted by Gasteiger charge is -1.96. The molecule has 0 aromatic heterocycles. The van der Waals surface area contributed by atoms with Gasteiger partial charge in [-0.3, -0.25) is 4.79 Å². The predicted molar refractivity (Wildman–Crippen MR) is 35.8 cm³/mol. The minimum absolute atomic E-state index is 0.0833. The second-order valence-electron chi connectivity index (χ2n) is 1.82. The van der Waals surface area contributed by atoms with Gasteiger partial charge in [0.05, 0.1) is 6.10 Å². The molecule has 0 rings (SSSR count). The highest BCUT2D eigenvalue weighted by molar-refractivity contribution is 5.89. The number of carbonyl (C=O) groups excluding carboxylic acids is 1. The second kappa shape index (κ2) is 4.27. The molecular weight excluding hydrogens is 116 g/mol. The Kier molecular flexibility index (Phi) is 3.97. The highest BCUT2D eigenvalue weighted by Gasteiger charge is 2.00. The summed E-state index contributed by atoms with van der Waals surface area (Å²) < 4.78 is 0. The monoisotopic (exact) mass is 127 g/mol. The third-order valence-corrected chi connectivity index (χ3v) is 0.789. The van der Waals surface area contributed by atoms with Crippen LogP contribution in [-0.4, -0.2) is 17.0 Å². The fraction of sp³-hybridized carbons (Fsp3) is 0.429. The van der Waals surface area contributed by atoms with Crippen molar-refractivity contribution in [2.75, 3.05) is 0 Å². The van der Waals surface area contributed by atoms with Crippen LogP contribution in [0.15, 0.2) is 12.2 Å². The standard InChI is InChI=1S/C7H11O2/c1-3-4-7(9)5-6(2)8/h3-4,6,8H,2,5H2,1H3. The molecule has 0 saturated heterocycles. The molecule has 0 bridgehead atoms. The lowest BCUT2D eigenvalue weighted by atomic mass is 10.2. The molecule has 0 aliphatic carbocycles. The minimum atomic E-state index is -0.770. The zero-order chi connectivity index (χ0) is 7.28. The normalized spacial score (nSPS) is 14.1. The van der Waals surface area contributed by atoms with Crippen LogP contribution in [0.5, 0.6) is 0 Å². The van der Waals surface area contributed by atoms with Gasteiger partial charge in [0, 0.05) is 6.42 Å². The summed E-state index contributed by atoms with van der Waals surface area (Å²) in [5.41, 5.74) is 0. The first-order valence-electron chi connectivity index (χ1n) is 2.83. The number of rotatable bonds is 3. The Balaban J connectivity index is 3.51. The van der Waals surface area contributed by atoms with Gasteiger partial charge in [0.1, 0.15) is 0 Å². The summed E-state index contributed by atoms with van der Waals surface area (Å²) in [5, 5.41) is 8.58. The lowest BCUT2D eigenvalue weighted by Crippen LogP contribution is -2.06. The maximum Gasteiger partial charge on any atom is 0.157 e. The van der Waals surface area contributed by atoms with Crippen LogP contribution >= 0.6 is 0 Å². The molecule has 0 heterocycles. The number of ketones is 1. The molecule has 2 nitrogen and oxygen atoms in total. The lowest BCUT2D eigenvalue weighted by molar-refractivity contribution is -0.115. The van der Waals surface area contributed by atoms with Crippen molar-refractivity contribution in [3.05, 3.63) is 19.1 Å². The first kappa shape index (κ1) is 8.37. The molecule has 1 radical (unpaired) electrons. The number of carbonyl (C=O) groups is 1. The fourth-order valence-corrected chi connectivity index (χ4v) is 0.486. The van der Waals surface area contributed by atoms with Gasteiger partial charge < -0.3 is 5.11 Å². The van der Waals surface area contributed by atoms with E-state index in [2.05, 4.69) is 6.92 Å². The van der Waals surface area contributed by atoms with Crippen molar-refractivity contribution in [3.63, 3.8) is 0 Å². The zero-order valence-corrected chi connectivity index (χ0v) is 5.50. The molecule has 1 atom stereocenters. The number of aliphatic hydroxyl groups excluding tert-OH is 1. The quantitative estimate of drug-likeness (QED) is 0.567. The van der Waals surface area contributed by atoms with E-state index in [1.165, 1.54) is 6.08 Å². The van der Waals surface area contributed by atoms with Gasteiger partial charge in [-0.2, -0.15) is 0 Å². The molecule has 0 saturated carbocycles. The van der Waals surface area contributed by atoms with Crippen molar-refractivity contribution in [3.8, 4) is 0 Å². The van der Waals surface area contributed by atoms with Crippen molar-refractivity contribution in [2.45, 2.75) is 19.4 Å². The van der Waals surface area contributed by atoms with Crippen molar-refractivity contribution < 1.29 is 9.90 Å². The van der Waals surface area contributed by atoms with Gasteiger partial charge >= 0.3 is 0 Å². The Morgan fingerprint density at radius 2 is 2.44 bits per heavy atom. The maximum absolute atomic E-state index is 10.6. The smallest absolute Gasteiger partial charge is 0.157 e. The van der Waals surface area contributed by atoms with Gasteiger partial charge in [0.2, 0.25) is 0 Å². The maximum atomic E-state index is 10.6. The van der Waals surface area contributed by atoms with Crippen molar-refractivity contribution >= 4 is 5.78 Å². The van der Waals surface area contributed by atoms with Gasteiger partial charge in [-0.25, -0.2) is 0 Å². The van der Waals surface area contributed by atoms with Crippen LogP contribution < -0.4 is 0 Å². The van der Waals surface area contributed by atoms with E-state index in [1.54, 1.807) is 13.0 Å². The first-order chi connectivity index (χ1) is 4.16. The molecule has 0 spiro atoms. The van der Waals surface area contributed by atoms with Gasteiger partial charge in [0.15, 0.2) is 5.78 Å². The van der Waals surface area contributed by atoms with E-state index >= 15 is 0 Å². The van der Waals surface area contributed by atoms with Crippen LogP contribution in [0.1, 0.15) is 13.3 Å². The van der Waals surface area contributed by atoms with Crippen LogP contribution in [0.2, 0.25) is 0 Å². The molecule has 0 fully saturated rings. The molecule has 1 N–H and O–H groups in total. The molecular formula is C7H11O2. The van der Waals surface area contributed by atoms with E-state index in [9.17, 15) is 4.79 Å². The van der Waals surface area contributed by atoms with Crippen LogP contribution in [0.3, 0.4) is 0 Å². The van der Waals surface area contributed by atoms with Gasteiger partial charge in [0.25, 0.3) is 0 Å². The van der Waals surface area contributed by atoms with Crippen molar-refractivity contribution in [2.24, 2.45) is 0 Å². The first-order valence-corrected chi connectivity index (χ1v) is 2.83. The topological polar surface area (TPSA) is 37.3 Å². The molecule has 0 aromatic carbocycles. The summed E-state index contributed by atoms with van der Waals surface area (Å²) >= 11 is 0.